The second-order valence-corrected chi connectivity index (χ2v) is 7.07. The monoisotopic (exact) mass is 347 g/mol. The fraction of sp³-hybridized carbons (Fsp3) is 0.375. The molecule has 0 fully saturated rings. The Kier molecular flexibility index (Phi) is 6.65. The van der Waals surface area contributed by atoms with Crippen molar-refractivity contribution >= 4 is 12.0 Å². The van der Waals surface area contributed by atoms with Gasteiger partial charge in [0.15, 0.2) is 0 Å². The molecular formula is C24H29NO. The summed E-state index contributed by atoms with van der Waals surface area (Å²) in [7, 11) is 0. The lowest BCUT2D eigenvalue weighted by atomic mass is 9.86. The van der Waals surface area contributed by atoms with Crippen molar-refractivity contribution in [2.24, 2.45) is 0 Å². The third-order valence-electron chi connectivity index (χ3n) is 5.19. The summed E-state index contributed by atoms with van der Waals surface area (Å²) in [6.07, 6.45) is 10.3. The molecule has 0 saturated heterocycles. The van der Waals surface area contributed by atoms with Gasteiger partial charge in [0, 0.05) is 13.0 Å². The molecule has 0 bridgehead atoms. The highest BCUT2D eigenvalue weighted by Gasteiger charge is 2.27. The van der Waals surface area contributed by atoms with Crippen molar-refractivity contribution in [3.05, 3.63) is 77.4 Å². The van der Waals surface area contributed by atoms with Crippen LogP contribution in [0, 0.1) is 0 Å². The van der Waals surface area contributed by atoms with Crippen molar-refractivity contribution in [1.82, 2.24) is 4.90 Å². The van der Waals surface area contributed by atoms with Gasteiger partial charge in [0.25, 0.3) is 0 Å². The highest BCUT2D eigenvalue weighted by molar-refractivity contribution is 5.77. The van der Waals surface area contributed by atoms with Gasteiger partial charge in [-0.05, 0) is 42.4 Å². The van der Waals surface area contributed by atoms with E-state index in [1.807, 2.05) is 18.2 Å². The maximum absolute atomic E-state index is 12.9. The van der Waals surface area contributed by atoms with E-state index in [9.17, 15) is 4.79 Å². The zero-order valence-corrected chi connectivity index (χ0v) is 15.7. The molecule has 2 aromatic rings. The predicted octanol–water partition coefficient (Wildman–Crippen LogP) is 5.80. The average Bonchev–Trinajstić information content (AvgIpc) is 2.70. The molecule has 0 heterocycles. The number of carbonyl (C=O) groups is 1. The first-order chi connectivity index (χ1) is 12.8. The zero-order chi connectivity index (χ0) is 18.2. The smallest absolute Gasteiger partial charge is 0.223 e. The zero-order valence-electron chi connectivity index (χ0n) is 15.7. The first-order valence-electron chi connectivity index (χ1n) is 9.88. The second kappa shape index (κ2) is 9.38. The number of fused-ring (bicyclic) bond motifs is 1. The molecule has 0 aliphatic heterocycles. The van der Waals surface area contributed by atoms with Gasteiger partial charge in [-0.2, -0.15) is 0 Å². The summed E-state index contributed by atoms with van der Waals surface area (Å²) in [6.45, 7) is 2.82. The van der Waals surface area contributed by atoms with Crippen LogP contribution in [-0.4, -0.2) is 17.4 Å². The van der Waals surface area contributed by atoms with Gasteiger partial charge in [-0.3, -0.25) is 4.79 Å². The summed E-state index contributed by atoms with van der Waals surface area (Å²) in [5.41, 5.74) is 3.93. The van der Waals surface area contributed by atoms with E-state index >= 15 is 0 Å². The number of hydrogen-bond donors (Lipinski definition) is 0. The number of hydrogen-bond acceptors (Lipinski definition) is 1. The molecule has 1 aliphatic rings. The van der Waals surface area contributed by atoms with Crippen LogP contribution in [0.25, 0.3) is 6.08 Å². The Balaban J connectivity index is 1.80. The standard InChI is InChI=1S/C24H29NO/c1-2-3-18-24(26)25(19-10-13-20-11-5-4-6-12-20)23-17-9-15-21-14-7-8-16-22(21)23/h4-8,10-14,16,23H,2-3,9,15,17-19H2,1H3/b13-10+. The molecule has 136 valence electrons. The lowest BCUT2D eigenvalue weighted by Gasteiger charge is -2.35. The molecule has 1 amide bonds. The summed E-state index contributed by atoms with van der Waals surface area (Å²) in [4.78, 5) is 15.0. The summed E-state index contributed by atoms with van der Waals surface area (Å²) < 4.78 is 0. The van der Waals surface area contributed by atoms with E-state index < -0.39 is 0 Å². The number of amides is 1. The van der Waals surface area contributed by atoms with Gasteiger partial charge in [0.2, 0.25) is 5.91 Å². The Bertz CT molecular complexity index is 735. The van der Waals surface area contributed by atoms with Crippen LogP contribution < -0.4 is 0 Å². The molecule has 26 heavy (non-hydrogen) atoms. The molecular weight excluding hydrogens is 318 g/mol. The molecule has 0 radical (unpaired) electrons. The Hall–Kier alpha value is -2.35. The minimum absolute atomic E-state index is 0.213. The van der Waals surface area contributed by atoms with Crippen molar-refractivity contribution in [2.75, 3.05) is 6.54 Å². The van der Waals surface area contributed by atoms with Crippen LogP contribution in [0.3, 0.4) is 0 Å². The number of benzene rings is 2. The van der Waals surface area contributed by atoms with Crippen LogP contribution in [-0.2, 0) is 11.2 Å². The lowest BCUT2D eigenvalue weighted by Crippen LogP contribution is -2.36. The van der Waals surface area contributed by atoms with Gasteiger partial charge >= 0.3 is 0 Å². The maximum atomic E-state index is 12.9. The fourth-order valence-corrected chi connectivity index (χ4v) is 3.79. The van der Waals surface area contributed by atoms with E-state index in [1.54, 1.807) is 0 Å². The van der Waals surface area contributed by atoms with Crippen LogP contribution in [0.1, 0.15) is 61.8 Å². The number of aryl methyl sites for hydroxylation is 1. The van der Waals surface area contributed by atoms with Crippen molar-refractivity contribution in [2.45, 2.75) is 51.5 Å². The summed E-state index contributed by atoms with van der Waals surface area (Å²) >= 11 is 0. The Morgan fingerprint density at radius 1 is 1.12 bits per heavy atom. The van der Waals surface area contributed by atoms with Gasteiger partial charge in [-0.15, -0.1) is 0 Å². The molecule has 1 atom stereocenters. The third-order valence-corrected chi connectivity index (χ3v) is 5.19. The van der Waals surface area contributed by atoms with E-state index in [4.69, 9.17) is 0 Å². The van der Waals surface area contributed by atoms with Gasteiger partial charge in [0.1, 0.15) is 0 Å². The predicted molar refractivity (Wildman–Crippen MR) is 109 cm³/mol. The van der Waals surface area contributed by atoms with Crippen LogP contribution >= 0.6 is 0 Å². The largest absolute Gasteiger partial charge is 0.332 e. The van der Waals surface area contributed by atoms with Gasteiger partial charge in [-0.25, -0.2) is 0 Å². The minimum atomic E-state index is 0.213. The van der Waals surface area contributed by atoms with Crippen molar-refractivity contribution in [3.8, 4) is 0 Å². The topological polar surface area (TPSA) is 20.3 Å². The van der Waals surface area contributed by atoms with Crippen LogP contribution in [0.15, 0.2) is 60.7 Å². The molecule has 0 saturated carbocycles. The summed E-state index contributed by atoms with van der Waals surface area (Å²) in [5, 5.41) is 0. The van der Waals surface area contributed by atoms with Gasteiger partial charge < -0.3 is 4.90 Å². The lowest BCUT2D eigenvalue weighted by molar-refractivity contribution is -0.133. The van der Waals surface area contributed by atoms with Gasteiger partial charge in [0.05, 0.1) is 6.04 Å². The van der Waals surface area contributed by atoms with E-state index in [0.717, 1.165) is 32.1 Å². The highest BCUT2D eigenvalue weighted by atomic mass is 16.2. The normalized spacial score (nSPS) is 16.4. The molecule has 2 nitrogen and oxygen atoms in total. The molecule has 2 heteroatoms. The van der Waals surface area contributed by atoms with E-state index in [-0.39, 0.29) is 11.9 Å². The van der Waals surface area contributed by atoms with E-state index in [2.05, 4.69) is 60.4 Å². The number of rotatable bonds is 7. The first-order valence-corrected chi connectivity index (χ1v) is 9.88. The van der Waals surface area contributed by atoms with Crippen LogP contribution in [0.5, 0.6) is 0 Å². The van der Waals surface area contributed by atoms with Crippen molar-refractivity contribution in [1.29, 1.82) is 0 Å². The van der Waals surface area contributed by atoms with Crippen molar-refractivity contribution < 1.29 is 4.79 Å². The molecule has 3 rings (SSSR count). The molecule has 2 aromatic carbocycles. The Labute approximate surface area is 157 Å². The minimum Gasteiger partial charge on any atom is -0.332 e. The number of unbranched alkanes of at least 4 members (excludes halogenated alkanes) is 1. The third kappa shape index (κ3) is 4.63. The Morgan fingerprint density at radius 3 is 2.69 bits per heavy atom. The molecule has 1 aliphatic carbocycles. The second-order valence-electron chi connectivity index (χ2n) is 7.07. The molecule has 1 unspecified atom stereocenters. The molecule has 0 spiro atoms. The van der Waals surface area contributed by atoms with Crippen LogP contribution in [0.4, 0.5) is 0 Å². The van der Waals surface area contributed by atoms with Gasteiger partial charge in [-0.1, -0.05) is 80.1 Å². The highest BCUT2D eigenvalue weighted by Crippen LogP contribution is 2.34. The first kappa shape index (κ1) is 18.4. The summed E-state index contributed by atoms with van der Waals surface area (Å²) in [5.74, 6) is 0.284. The Morgan fingerprint density at radius 2 is 1.88 bits per heavy atom. The maximum Gasteiger partial charge on any atom is 0.223 e. The fourth-order valence-electron chi connectivity index (χ4n) is 3.79. The molecule has 0 N–H and O–H groups in total. The SMILES string of the molecule is CCCCC(=O)N(C/C=C/c1ccccc1)C1CCCc2ccccc21. The average molecular weight is 348 g/mol. The quantitative estimate of drug-likeness (QED) is 0.620. The van der Waals surface area contributed by atoms with E-state index in [0.29, 0.717) is 13.0 Å². The number of carbonyl (C=O) groups excluding carboxylic acids is 1. The van der Waals surface area contributed by atoms with E-state index in [1.165, 1.54) is 16.7 Å². The number of nitrogens with zero attached hydrogens (tertiary/aromatic N) is 1. The molecule has 0 aromatic heterocycles. The van der Waals surface area contributed by atoms with Crippen LogP contribution in [0.2, 0.25) is 0 Å². The van der Waals surface area contributed by atoms with Crippen molar-refractivity contribution in [3.63, 3.8) is 0 Å². The summed E-state index contributed by atoms with van der Waals surface area (Å²) in [6, 6.07) is 19.1.